The number of nitrogens with two attached hydrogens (primary N) is 1. The van der Waals surface area contributed by atoms with E-state index in [4.69, 9.17) is 10.5 Å². The Labute approximate surface area is 135 Å². The molecule has 0 saturated carbocycles. The van der Waals surface area contributed by atoms with E-state index in [1.165, 1.54) is 6.92 Å². The van der Waals surface area contributed by atoms with Crippen molar-refractivity contribution in [3.05, 3.63) is 23.8 Å². The lowest BCUT2D eigenvalue weighted by Gasteiger charge is -2.20. The van der Waals surface area contributed by atoms with Crippen LogP contribution in [-0.2, 0) is 9.53 Å². The number of amides is 1. The first kappa shape index (κ1) is 16.9. The van der Waals surface area contributed by atoms with E-state index >= 15 is 0 Å². The maximum absolute atomic E-state index is 12.4. The van der Waals surface area contributed by atoms with Crippen LogP contribution in [0.25, 0.3) is 10.9 Å². The molecule has 1 aromatic heterocycles. The molecular weight excluding hydrogens is 294 g/mol. The van der Waals surface area contributed by atoms with Crippen molar-refractivity contribution < 1.29 is 14.3 Å². The summed E-state index contributed by atoms with van der Waals surface area (Å²) in [5.74, 6) is -0.246. The highest BCUT2D eigenvalue weighted by Crippen LogP contribution is 2.30. The van der Waals surface area contributed by atoms with Crippen LogP contribution >= 0.6 is 0 Å². The molecule has 124 valence electrons. The molecule has 0 aliphatic rings. The van der Waals surface area contributed by atoms with E-state index < -0.39 is 11.6 Å². The quantitative estimate of drug-likeness (QED) is 0.851. The van der Waals surface area contributed by atoms with E-state index in [9.17, 15) is 9.59 Å². The molecule has 0 spiro atoms. The summed E-state index contributed by atoms with van der Waals surface area (Å²) >= 11 is 0. The number of H-pyrrole nitrogens is 1. The lowest BCUT2D eigenvalue weighted by atomic mass is 10.1. The number of nitrogens with zero attached hydrogens (tertiary/aromatic N) is 1. The Morgan fingerprint density at radius 1 is 1.30 bits per heavy atom. The summed E-state index contributed by atoms with van der Waals surface area (Å²) in [5.41, 5.74) is 7.13. The Bertz CT molecular complexity index is 756. The number of carbonyl (C=O) groups is 2. The molecule has 1 aromatic carbocycles. The van der Waals surface area contributed by atoms with Crippen LogP contribution in [0.15, 0.2) is 18.2 Å². The van der Waals surface area contributed by atoms with Crippen LogP contribution in [0.4, 0.5) is 11.5 Å². The van der Waals surface area contributed by atoms with Crippen molar-refractivity contribution in [2.24, 2.45) is 0 Å². The van der Waals surface area contributed by atoms with Gasteiger partial charge in [-0.15, -0.1) is 0 Å². The average molecular weight is 317 g/mol. The molecule has 0 fully saturated rings. The van der Waals surface area contributed by atoms with Crippen LogP contribution in [0.5, 0.6) is 0 Å². The van der Waals surface area contributed by atoms with Gasteiger partial charge in [-0.1, -0.05) is 0 Å². The summed E-state index contributed by atoms with van der Waals surface area (Å²) in [6.07, 6.45) is 0. The molecule has 0 bridgehead atoms. The average Bonchev–Trinajstić information content (AvgIpc) is 2.72. The van der Waals surface area contributed by atoms with Gasteiger partial charge in [-0.25, -0.2) is 4.79 Å². The number of ether oxygens (including phenoxy) is 1. The highest BCUT2D eigenvalue weighted by atomic mass is 16.6. The molecule has 1 amide bonds. The fourth-order valence-electron chi connectivity index (χ4n) is 2.51. The maximum Gasteiger partial charge on any atom is 0.343 e. The second-order valence-electron chi connectivity index (χ2n) is 6.41. The van der Waals surface area contributed by atoms with E-state index in [0.29, 0.717) is 23.0 Å². The van der Waals surface area contributed by atoms with Gasteiger partial charge in [-0.2, -0.15) is 0 Å². The third-order valence-corrected chi connectivity index (χ3v) is 3.42. The van der Waals surface area contributed by atoms with Crippen LogP contribution in [0.3, 0.4) is 0 Å². The number of fused-ring (bicyclic) bond motifs is 1. The number of esters is 1. The Balaban J connectivity index is 2.48. The summed E-state index contributed by atoms with van der Waals surface area (Å²) in [6.45, 7) is 9.40. The van der Waals surface area contributed by atoms with Gasteiger partial charge in [0, 0.05) is 30.1 Å². The van der Waals surface area contributed by atoms with Crippen LogP contribution in [0.2, 0.25) is 0 Å². The van der Waals surface area contributed by atoms with Gasteiger partial charge < -0.3 is 20.4 Å². The number of aromatic nitrogens is 1. The van der Waals surface area contributed by atoms with E-state index in [1.54, 1.807) is 37.8 Å². The van der Waals surface area contributed by atoms with Gasteiger partial charge in [0.25, 0.3) is 0 Å². The zero-order valence-electron chi connectivity index (χ0n) is 14.2. The Morgan fingerprint density at radius 3 is 2.48 bits per heavy atom. The van der Waals surface area contributed by atoms with E-state index in [0.717, 1.165) is 5.69 Å². The number of hydrogen-bond acceptors (Lipinski definition) is 4. The predicted molar refractivity (Wildman–Crippen MR) is 91.6 cm³/mol. The molecule has 0 saturated heterocycles. The lowest BCUT2D eigenvalue weighted by Crippen LogP contribution is -2.27. The fourth-order valence-corrected chi connectivity index (χ4v) is 2.51. The number of hydrogen-bond donors (Lipinski definition) is 2. The van der Waals surface area contributed by atoms with Gasteiger partial charge in [0.1, 0.15) is 17.0 Å². The van der Waals surface area contributed by atoms with Crippen molar-refractivity contribution >= 4 is 34.3 Å². The van der Waals surface area contributed by atoms with Crippen LogP contribution in [-0.4, -0.2) is 29.0 Å². The topological polar surface area (TPSA) is 88.4 Å². The maximum atomic E-state index is 12.4. The molecule has 6 nitrogen and oxygen atoms in total. The third-order valence-electron chi connectivity index (χ3n) is 3.42. The van der Waals surface area contributed by atoms with Gasteiger partial charge >= 0.3 is 5.97 Å². The summed E-state index contributed by atoms with van der Waals surface area (Å²) in [5, 5.41) is 0.681. The van der Waals surface area contributed by atoms with Gasteiger partial charge in [0.15, 0.2) is 0 Å². The molecule has 6 heteroatoms. The first-order chi connectivity index (χ1) is 10.6. The molecule has 23 heavy (non-hydrogen) atoms. The molecule has 0 aliphatic carbocycles. The largest absolute Gasteiger partial charge is 0.456 e. The SMILES string of the molecule is CCN(C(C)=O)c1ccc2c(C(=O)OC(C)(C)C)c(N)[nH]c2c1. The number of benzene rings is 1. The molecule has 3 N–H and O–H groups in total. The highest BCUT2D eigenvalue weighted by Gasteiger charge is 2.24. The highest BCUT2D eigenvalue weighted by molar-refractivity contribution is 6.10. The van der Waals surface area contributed by atoms with Crippen molar-refractivity contribution in [1.82, 2.24) is 4.98 Å². The minimum atomic E-state index is -0.597. The monoisotopic (exact) mass is 317 g/mol. The Morgan fingerprint density at radius 2 is 1.96 bits per heavy atom. The minimum Gasteiger partial charge on any atom is -0.456 e. The molecule has 0 atom stereocenters. The normalized spacial score (nSPS) is 11.5. The Kier molecular flexibility index (Phi) is 4.36. The first-order valence-electron chi connectivity index (χ1n) is 7.56. The predicted octanol–water partition coefficient (Wildman–Crippen LogP) is 3.08. The zero-order chi connectivity index (χ0) is 17.4. The third kappa shape index (κ3) is 3.47. The number of rotatable bonds is 3. The van der Waals surface area contributed by atoms with Crippen LogP contribution in [0, 0.1) is 0 Å². The summed E-state index contributed by atoms with van der Waals surface area (Å²) in [7, 11) is 0. The van der Waals surface area contributed by atoms with E-state index in [-0.39, 0.29) is 11.7 Å². The van der Waals surface area contributed by atoms with Gasteiger partial charge in [-0.05, 0) is 45.9 Å². The summed E-state index contributed by atoms with van der Waals surface area (Å²) < 4.78 is 5.40. The van der Waals surface area contributed by atoms with E-state index in [1.807, 2.05) is 13.0 Å². The van der Waals surface area contributed by atoms with Gasteiger partial charge in [0.05, 0.1) is 0 Å². The smallest absolute Gasteiger partial charge is 0.343 e. The molecular formula is C17H23N3O3. The molecule has 2 aromatic rings. The standard InChI is InChI=1S/C17H23N3O3/c1-6-20(10(2)21)11-7-8-12-13(9-11)19-15(18)14(12)16(22)23-17(3,4)5/h7-9,19H,6,18H2,1-5H3. The number of anilines is 2. The van der Waals surface area contributed by atoms with Crippen LogP contribution in [0.1, 0.15) is 45.0 Å². The second-order valence-corrected chi connectivity index (χ2v) is 6.41. The van der Waals surface area contributed by atoms with Crippen molar-refractivity contribution in [2.75, 3.05) is 17.2 Å². The van der Waals surface area contributed by atoms with Crippen LogP contribution < -0.4 is 10.6 Å². The first-order valence-corrected chi connectivity index (χ1v) is 7.56. The molecule has 0 aliphatic heterocycles. The fraction of sp³-hybridized carbons (Fsp3) is 0.412. The van der Waals surface area contributed by atoms with Crippen molar-refractivity contribution in [3.63, 3.8) is 0 Å². The van der Waals surface area contributed by atoms with Crippen molar-refractivity contribution in [1.29, 1.82) is 0 Å². The number of carbonyl (C=O) groups excluding carboxylic acids is 2. The van der Waals surface area contributed by atoms with Crippen molar-refractivity contribution in [2.45, 2.75) is 40.2 Å². The zero-order valence-corrected chi connectivity index (χ0v) is 14.2. The summed E-state index contributed by atoms with van der Waals surface area (Å²) in [4.78, 5) is 28.7. The molecule has 1 heterocycles. The second kappa shape index (κ2) is 5.95. The lowest BCUT2D eigenvalue weighted by molar-refractivity contribution is -0.116. The van der Waals surface area contributed by atoms with Gasteiger partial charge in [-0.3, -0.25) is 4.79 Å². The molecule has 2 rings (SSSR count). The van der Waals surface area contributed by atoms with E-state index in [2.05, 4.69) is 4.98 Å². The molecule has 0 unspecified atom stereocenters. The van der Waals surface area contributed by atoms with Crippen molar-refractivity contribution in [3.8, 4) is 0 Å². The minimum absolute atomic E-state index is 0.0428. The molecule has 0 radical (unpaired) electrons. The van der Waals surface area contributed by atoms with Gasteiger partial charge in [0.2, 0.25) is 5.91 Å². The summed E-state index contributed by atoms with van der Waals surface area (Å²) in [6, 6.07) is 5.39. The number of aromatic amines is 1. The number of nitrogen functional groups attached to an aromatic ring is 1. The number of nitrogens with one attached hydrogen (secondary N) is 1. The Hall–Kier alpha value is -2.50.